The molecule has 1 unspecified atom stereocenters. The quantitative estimate of drug-likeness (QED) is 0.842. The fraction of sp³-hybridized carbons (Fsp3) is 0.316. The Morgan fingerprint density at radius 2 is 1.80 bits per heavy atom. The number of carbonyl (C=O) groups is 1. The predicted octanol–water partition coefficient (Wildman–Crippen LogP) is 2.44. The third-order valence-corrected chi connectivity index (χ3v) is 6.74. The Labute approximate surface area is 148 Å². The van der Waals surface area contributed by atoms with E-state index in [9.17, 15) is 13.2 Å². The molecule has 0 aromatic heterocycles. The fourth-order valence-electron chi connectivity index (χ4n) is 3.07. The van der Waals surface area contributed by atoms with E-state index in [0.29, 0.717) is 23.4 Å². The maximum absolute atomic E-state index is 12.7. The van der Waals surface area contributed by atoms with Crippen molar-refractivity contribution in [2.24, 2.45) is 0 Å². The van der Waals surface area contributed by atoms with Crippen LogP contribution in [0.4, 0.5) is 5.69 Å². The Morgan fingerprint density at radius 1 is 1.08 bits per heavy atom. The van der Waals surface area contributed by atoms with E-state index in [1.54, 1.807) is 41.3 Å². The molecule has 2 aromatic rings. The highest BCUT2D eigenvalue weighted by atomic mass is 32.2. The van der Waals surface area contributed by atoms with E-state index in [1.807, 2.05) is 37.2 Å². The van der Waals surface area contributed by atoms with Gasteiger partial charge in [0.2, 0.25) is 0 Å². The maximum Gasteiger partial charge on any atom is 0.253 e. The molecule has 1 fully saturated rings. The summed E-state index contributed by atoms with van der Waals surface area (Å²) in [5.74, 6) is -0.116. The first-order valence-corrected chi connectivity index (χ1v) is 9.80. The molecule has 132 valence electrons. The summed E-state index contributed by atoms with van der Waals surface area (Å²) in [6.45, 7) is 0.698. The molecule has 25 heavy (non-hydrogen) atoms. The molecule has 0 spiro atoms. The van der Waals surface area contributed by atoms with Crippen molar-refractivity contribution in [2.45, 2.75) is 16.6 Å². The summed E-state index contributed by atoms with van der Waals surface area (Å²) in [5, 5.41) is -0.545. The number of nitrogens with zero attached hydrogens (tertiary/aromatic N) is 2. The number of hydrogen-bond donors (Lipinski definition) is 0. The minimum absolute atomic E-state index is 0.116. The largest absolute Gasteiger partial charge is 0.378 e. The third kappa shape index (κ3) is 3.54. The van der Waals surface area contributed by atoms with Crippen LogP contribution in [0.15, 0.2) is 59.5 Å². The first-order chi connectivity index (χ1) is 11.9. The Hall–Kier alpha value is -2.34. The lowest BCUT2D eigenvalue weighted by atomic mass is 10.1. The number of benzene rings is 2. The molecule has 0 bridgehead atoms. The Balaban J connectivity index is 1.77. The van der Waals surface area contributed by atoms with Crippen LogP contribution >= 0.6 is 0 Å². The molecule has 0 aliphatic carbocycles. The first kappa shape index (κ1) is 17.5. The van der Waals surface area contributed by atoms with Gasteiger partial charge in [-0.1, -0.05) is 24.3 Å². The number of rotatable bonds is 4. The smallest absolute Gasteiger partial charge is 0.253 e. The minimum Gasteiger partial charge on any atom is -0.378 e. The van der Waals surface area contributed by atoms with Gasteiger partial charge in [0, 0.05) is 38.4 Å². The normalized spacial score (nSPS) is 17.5. The molecule has 2 aromatic carbocycles. The SMILES string of the molecule is CN(C)c1cccc(C(=O)N2CCC(S(=O)(=O)c3ccccc3)C2)c1. The first-order valence-electron chi connectivity index (χ1n) is 8.25. The molecule has 3 rings (SSSR count). The Morgan fingerprint density at radius 3 is 2.48 bits per heavy atom. The lowest BCUT2D eigenvalue weighted by molar-refractivity contribution is 0.0793. The van der Waals surface area contributed by atoms with Gasteiger partial charge < -0.3 is 9.80 Å². The van der Waals surface area contributed by atoms with E-state index in [0.717, 1.165) is 5.69 Å². The van der Waals surface area contributed by atoms with E-state index in [4.69, 9.17) is 0 Å². The topological polar surface area (TPSA) is 57.7 Å². The van der Waals surface area contributed by atoms with Crippen molar-refractivity contribution in [1.82, 2.24) is 4.90 Å². The number of anilines is 1. The third-order valence-electron chi connectivity index (χ3n) is 4.55. The molecule has 1 amide bonds. The van der Waals surface area contributed by atoms with Crippen LogP contribution in [0.1, 0.15) is 16.8 Å². The van der Waals surface area contributed by atoms with Crippen molar-refractivity contribution < 1.29 is 13.2 Å². The number of hydrogen-bond acceptors (Lipinski definition) is 4. The zero-order valence-corrected chi connectivity index (χ0v) is 15.2. The second kappa shape index (κ2) is 6.88. The summed E-state index contributed by atoms with van der Waals surface area (Å²) >= 11 is 0. The maximum atomic E-state index is 12.7. The second-order valence-electron chi connectivity index (χ2n) is 6.46. The molecule has 1 atom stereocenters. The van der Waals surface area contributed by atoms with Crippen LogP contribution in [0.3, 0.4) is 0 Å². The molecule has 6 heteroatoms. The van der Waals surface area contributed by atoms with E-state index >= 15 is 0 Å². The van der Waals surface area contributed by atoms with Crippen LogP contribution in [0.2, 0.25) is 0 Å². The van der Waals surface area contributed by atoms with Crippen molar-refractivity contribution in [3.8, 4) is 0 Å². The molecular formula is C19H22N2O3S. The van der Waals surface area contributed by atoms with Gasteiger partial charge >= 0.3 is 0 Å². The predicted molar refractivity (Wildman–Crippen MR) is 98.7 cm³/mol. The minimum atomic E-state index is -3.41. The van der Waals surface area contributed by atoms with E-state index in [-0.39, 0.29) is 12.5 Å². The van der Waals surface area contributed by atoms with Crippen LogP contribution in [-0.4, -0.2) is 51.7 Å². The van der Waals surface area contributed by atoms with Gasteiger partial charge in [-0.2, -0.15) is 0 Å². The molecule has 1 aliphatic heterocycles. The lowest BCUT2D eigenvalue weighted by Crippen LogP contribution is -2.32. The van der Waals surface area contributed by atoms with Gasteiger partial charge in [-0.25, -0.2) is 8.42 Å². The van der Waals surface area contributed by atoms with Crippen LogP contribution < -0.4 is 4.90 Å². The Kier molecular flexibility index (Phi) is 4.81. The van der Waals surface area contributed by atoms with Crippen molar-refractivity contribution >= 4 is 21.4 Å². The summed E-state index contributed by atoms with van der Waals surface area (Å²) in [6.07, 6.45) is 0.469. The van der Waals surface area contributed by atoms with Crippen molar-refractivity contribution in [3.63, 3.8) is 0 Å². The van der Waals surface area contributed by atoms with E-state index in [2.05, 4.69) is 0 Å². The molecule has 0 N–H and O–H groups in total. The van der Waals surface area contributed by atoms with Gasteiger partial charge in [-0.3, -0.25) is 4.79 Å². The highest BCUT2D eigenvalue weighted by Gasteiger charge is 2.36. The zero-order valence-electron chi connectivity index (χ0n) is 14.4. The van der Waals surface area contributed by atoms with Gasteiger partial charge in [0.15, 0.2) is 9.84 Å². The molecular weight excluding hydrogens is 336 g/mol. The van der Waals surface area contributed by atoms with Crippen molar-refractivity contribution in [2.75, 3.05) is 32.1 Å². The summed E-state index contributed by atoms with van der Waals surface area (Å²) in [7, 11) is 0.426. The van der Waals surface area contributed by atoms with Gasteiger partial charge in [-0.05, 0) is 36.8 Å². The molecule has 1 aliphatic rings. The van der Waals surface area contributed by atoms with Crippen LogP contribution in [0, 0.1) is 0 Å². The standard InChI is InChI=1S/C19H22N2O3S/c1-20(2)16-8-6-7-15(13-16)19(22)21-12-11-18(14-21)25(23,24)17-9-4-3-5-10-17/h3-10,13,18H,11-12,14H2,1-2H3. The monoisotopic (exact) mass is 358 g/mol. The van der Waals surface area contributed by atoms with E-state index in [1.165, 1.54) is 0 Å². The van der Waals surface area contributed by atoms with Gasteiger partial charge in [0.25, 0.3) is 5.91 Å². The Bertz CT molecular complexity index is 863. The summed E-state index contributed by atoms with van der Waals surface area (Å²) in [4.78, 5) is 16.6. The van der Waals surface area contributed by atoms with Crippen LogP contribution in [0.25, 0.3) is 0 Å². The molecule has 1 saturated heterocycles. The summed E-state index contributed by atoms with van der Waals surface area (Å²) < 4.78 is 25.5. The summed E-state index contributed by atoms with van der Waals surface area (Å²) in [5.41, 5.74) is 1.53. The van der Waals surface area contributed by atoms with Crippen molar-refractivity contribution in [3.05, 3.63) is 60.2 Å². The van der Waals surface area contributed by atoms with Crippen LogP contribution in [0.5, 0.6) is 0 Å². The van der Waals surface area contributed by atoms with Gasteiger partial charge in [0.1, 0.15) is 0 Å². The van der Waals surface area contributed by atoms with Gasteiger partial charge in [0.05, 0.1) is 10.1 Å². The van der Waals surface area contributed by atoms with Crippen LogP contribution in [-0.2, 0) is 9.84 Å². The molecule has 0 saturated carbocycles. The van der Waals surface area contributed by atoms with Crippen molar-refractivity contribution in [1.29, 1.82) is 0 Å². The second-order valence-corrected chi connectivity index (χ2v) is 8.69. The average Bonchev–Trinajstić information content (AvgIpc) is 3.13. The molecule has 0 radical (unpaired) electrons. The zero-order chi connectivity index (χ0) is 18.0. The number of likely N-dealkylation sites (tertiary alicyclic amines) is 1. The highest BCUT2D eigenvalue weighted by Crippen LogP contribution is 2.25. The molecule has 1 heterocycles. The number of carbonyl (C=O) groups excluding carboxylic acids is 1. The number of amides is 1. The lowest BCUT2D eigenvalue weighted by Gasteiger charge is -2.18. The fourth-order valence-corrected chi connectivity index (χ4v) is 4.78. The summed E-state index contributed by atoms with van der Waals surface area (Å²) in [6, 6.07) is 15.8. The number of sulfone groups is 1. The average molecular weight is 358 g/mol. The van der Waals surface area contributed by atoms with E-state index < -0.39 is 15.1 Å². The molecule has 5 nitrogen and oxygen atoms in total. The highest BCUT2D eigenvalue weighted by molar-refractivity contribution is 7.92. The van der Waals surface area contributed by atoms with Gasteiger partial charge in [-0.15, -0.1) is 0 Å².